The summed E-state index contributed by atoms with van der Waals surface area (Å²) >= 11 is 0. The third kappa shape index (κ3) is 4.63. The lowest BCUT2D eigenvalue weighted by Gasteiger charge is -2.14. The number of nitrogens with zero attached hydrogens (tertiary/aromatic N) is 1. The molecular weight excluding hydrogens is 326 g/mol. The van der Waals surface area contributed by atoms with Gasteiger partial charge in [-0.1, -0.05) is 0 Å². The van der Waals surface area contributed by atoms with Crippen LogP contribution in [0.15, 0.2) is 24.3 Å². The highest BCUT2D eigenvalue weighted by Gasteiger charge is 2.42. The van der Waals surface area contributed by atoms with Crippen LogP contribution in [0.5, 0.6) is 0 Å². The summed E-state index contributed by atoms with van der Waals surface area (Å²) in [5.74, 6) is -1.16. The molecule has 0 aliphatic carbocycles. The molecule has 0 unspecified atom stereocenters. The van der Waals surface area contributed by atoms with E-state index in [4.69, 9.17) is 4.74 Å². The molecule has 1 aromatic carbocycles. The largest absolute Gasteiger partial charge is 0.462 e. The normalized spacial score (nSPS) is 16.9. The zero-order valence-corrected chi connectivity index (χ0v) is 14.3. The lowest BCUT2D eigenvalue weighted by molar-refractivity contribution is -0.672. The van der Waals surface area contributed by atoms with Crippen LogP contribution in [0.2, 0.25) is 0 Å². The Morgan fingerprint density at radius 2 is 1.96 bits per heavy atom. The van der Waals surface area contributed by atoms with Gasteiger partial charge >= 0.3 is 5.97 Å². The molecular formula is C17H22N3O5+. The summed E-state index contributed by atoms with van der Waals surface area (Å²) in [4.78, 5) is 48.2. The highest BCUT2D eigenvalue weighted by Crippen LogP contribution is 2.22. The molecule has 0 radical (unpaired) electrons. The number of esters is 1. The van der Waals surface area contributed by atoms with E-state index in [1.165, 1.54) is 19.1 Å². The van der Waals surface area contributed by atoms with Gasteiger partial charge in [-0.25, -0.2) is 9.69 Å². The van der Waals surface area contributed by atoms with E-state index in [0.717, 1.165) is 4.90 Å². The van der Waals surface area contributed by atoms with Gasteiger partial charge in [0.25, 0.3) is 5.91 Å². The van der Waals surface area contributed by atoms with Crippen LogP contribution < -0.4 is 15.5 Å². The molecule has 8 nitrogen and oxygen atoms in total. The molecule has 3 amide bonds. The van der Waals surface area contributed by atoms with E-state index in [0.29, 0.717) is 24.3 Å². The first-order valence-corrected chi connectivity index (χ1v) is 8.15. The third-order valence-electron chi connectivity index (χ3n) is 3.79. The Balaban J connectivity index is 1.99. The second-order valence-corrected chi connectivity index (χ2v) is 5.65. The van der Waals surface area contributed by atoms with Crippen molar-refractivity contribution in [2.75, 3.05) is 24.6 Å². The highest BCUT2D eigenvalue weighted by atomic mass is 16.5. The zero-order valence-electron chi connectivity index (χ0n) is 14.3. The summed E-state index contributed by atoms with van der Waals surface area (Å²) in [5, 5.41) is 4.39. The molecule has 25 heavy (non-hydrogen) atoms. The first kappa shape index (κ1) is 18.6. The van der Waals surface area contributed by atoms with Crippen LogP contribution in [0.4, 0.5) is 5.69 Å². The summed E-state index contributed by atoms with van der Waals surface area (Å²) in [5.41, 5.74) is 0.795. The molecule has 0 bridgehead atoms. The van der Waals surface area contributed by atoms with Gasteiger partial charge in [0.05, 0.1) is 37.4 Å². The van der Waals surface area contributed by atoms with Gasteiger partial charge in [-0.2, -0.15) is 0 Å². The average Bonchev–Trinajstić information content (AvgIpc) is 2.86. The Kier molecular flexibility index (Phi) is 6.24. The Labute approximate surface area is 145 Å². The Morgan fingerprint density at radius 3 is 2.56 bits per heavy atom. The van der Waals surface area contributed by atoms with Crippen molar-refractivity contribution in [3.05, 3.63) is 29.8 Å². The van der Waals surface area contributed by atoms with Crippen molar-refractivity contribution < 1.29 is 29.2 Å². The zero-order chi connectivity index (χ0) is 18.4. The molecule has 1 aliphatic rings. The summed E-state index contributed by atoms with van der Waals surface area (Å²) in [6.45, 7) is 4.36. The summed E-state index contributed by atoms with van der Waals surface area (Å²) in [6.07, 6.45) is 0.110. The van der Waals surface area contributed by atoms with E-state index in [-0.39, 0.29) is 30.7 Å². The smallest absolute Gasteiger partial charge is 0.338 e. The van der Waals surface area contributed by atoms with Crippen molar-refractivity contribution >= 4 is 29.4 Å². The van der Waals surface area contributed by atoms with Crippen LogP contribution in [0.1, 0.15) is 30.6 Å². The number of nitrogens with one attached hydrogen (secondary N) is 1. The van der Waals surface area contributed by atoms with Gasteiger partial charge in [0.15, 0.2) is 6.04 Å². The van der Waals surface area contributed by atoms with Gasteiger partial charge in [0.2, 0.25) is 11.8 Å². The van der Waals surface area contributed by atoms with Crippen molar-refractivity contribution in [2.45, 2.75) is 26.3 Å². The fourth-order valence-electron chi connectivity index (χ4n) is 2.60. The molecule has 0 spiro atoms. The van der Waals surface area contributed by atoms with Gasteiger partial charge in [-0.3, -0.25) is 14.4 Å². The molecule has 1 fully saturated rings. The molecule has 8 heteroatoms. The second-order valence-electron chi connectivity index (χ2n) is 5.65. The van der Waals surface area contributed by atoms with Crippen molar-refractivity contribution in [3.63, 3.8) is 0 Å². The van der Waals surface area contributed by atoms with E-state index in [1.54, 1.807) is 24.4 Å². The van der Waals surface area contributed by atoms with Crippen LogP contribution in [0.3, 0.4) is 0 Å². The molecule has 1 aliphatic heterocycles. The first-order chi connectivity index (χ1) is 11.9. The van der Waals surface area contributed by atoms with E-state index >= 15 is 0 Å². The standard InChI is InChI=1S/C17H21N3O5/c1-3-25-17(24)12-4-6-13(7-5-12)20-15(22)10-14(16(20)23)19-9-8-18-11(2)21/h4-7,14,19H,3,8-10H2,1-2H3,(H,18,21)/p+1/t14-/m1/s1. The maximum absolute atomic E-state index is 12.5. The van der Waals surface area contributed by atoms with Gasteiger partial charge in [-0.15, -0.1) is 0 Å². The number of imide groups is 1. The second kappa shape index (κ2) is 8.39. The summed E-state index contributed by atoms with van der Waals surface area (Å²) in [6, 6.07) is 5.68. The van der Waals surface area contributed by atoms with Crippen molar-refractivity contribution in [1.29, 1.82) is 0 Å². The minimum Gasteiger partial charge on any atom is -0.462 e. The van der Waals surface area contributed by atoms with Gasteiger partial charge in [-0.05, 0) is 31.2 Å². The number of hydrogen-bond donors (Lipinski definition) is 2. The molecule has 134 valence electrons. The lowest BCUT2D eigenvalue weighted by atomic mass is 10.2. The number of quaternary nitrogens is 1. The van der Waals surface area contributed by atoms with Crippen molar-refractivity contribution in [1.82, 2.24) is 5.32 Å². The van der Waals surface area contributed by atoms with E-state index in [1.807, 2.05) is 0 Å². The predicted molar refractivity (Wildman–Crippen MR) is 88.8 cm³/mol. The molecule has 1 atom stereocenters. The topological polar surface area (TPSA) is 109 Å². The molecule has 1 aromatic rings. The number of carbonyl (C=O) groups is 4. The number of hydrogen-bond acceptors (Lipinski definition) is 5. The fraction of sp³-hybridized carbons (Fsp3) is 0.412. The molecule has 1 heterocycles. The summed E-state index contributed by atoms with van der Waals surface area (Å²) in [7, 11) is 0. The molecule has 0 aromatic heterocycles. The number of rotatable bonds is 7. The van der Waals surface area contributed by atoms with Gasteiger partial charge in [0, 0.05) is 6.92 Å². The first-order valence-electron chi connectivity index (χ1n) is 8.15. The Bertz CT molecular complexity index is 671. The molecule has 2 rings (SSSR count). The number of amides is 3. The van der Waals surface area contributed by atoms with E-state index < -0.39 is 12.0 Å². The predicted octanol–water partition coefficient (Wildman–Crippen LogP) is -0.805. The number of nitrogens with two attached hydrogens (primary N) is 1. The number of ether oxygens (including phenoxy) is 1. The third-order valence-corrected chi connectivity index (χ3v) is 3.79. The minimum atomic E-state index is -0.494. The maximum Gasteiger partial charge on any atom is 0.338 e. The van der Waals surface area contributed by atoms with Crippen LogP contribution in [-0.4, -0.2) is 49.4 Å². The SMILES string of the molecule is CCOC(=O)c1ccc(N2C(=O)C[C@@H]([NH2+]CCNC(C)=O)C2=O)cc1. The van der Waals surface area contributed by atoms with Crippen LogP contribution in [0.25, 0.3) is 0 Å². The van der Waals surface area contributed by atoms with Crippen LogP contribution in [0, 0.1) is 0 Å². The minimum absolute atomic E-state index is 0.110. The fourth-order valence-corrected chi connectivity index (χ4v) is 2.60. The van der Waals surface area contributed by atoms with Crippen LogP contribution in [-0.2, 0) is 19.1 Å². The van der Waals surface area contributed by atoms with Crippen molar-refractivity contribution in [2.24, 2.45) is 0 Å². The van der Waals surface area contributed by atoms with Crippen LogP contribution >= 0.6 is 0 Å². The van der Waals surface area contributed by atoms with Gasteiger partial charge < -0.3 is 15.4 Å². The number of anilines is 1. The highest BCUT2D eigenvalue weighted by molar-refractivity contribution is 6.21. The Hall–Kier alpha value is -2.74. The molecule has 3 N–H and O–H groups in total. The molecule has 1 saturated heterocycles. The number of benzene rings is 1. The molecule has 0 saturated carbocycles. The van der Waals surface area contributed by atoms with E-state index in [9.17, 15) is 19.2 Å². The van der Waals surface area contributed by atoms with E-state index in [2.05, 4.69) is 5.32 Å². The lowest BCUT2D eigenvalue weighted by Crippen LogP contribution is -2.92. The maximum atomic E-state index is 12.5. The number of carbonyl (C=O) groups excluding carboxylic acids is 4. The quantitative estimate of drug-likeness (QED) is 0.381. The van der Waals surface area contributed by atoms with Crippen molar-refractivity contribution in [3.8, 4) is 0 Å². The summed E-state index contributed by atoms with van der Waals surface area (Å²) < 4.78 is 4.90. The Morgan fingerprint density at radius 1 is 1.28 bits per heavy atom. The van der Waals surface area contributed by atoms with Gasteiger partial charge in [0.1, 0.15) is 0 Å². The monoisotopic (exact) mass is 348 g/mol. The average molecular weight is 348 g/mol.